The molecule has 5 heteroatoms. The lowest BCUT2D eigenvalue weighted by Crippen LogP contribution is -2.54. The number of hydrogen-bond donors (Lipinski definition) is 2. The van der Waals surface area contributed by atoms with Gasteiger partial charge in [-0.3, -0.25) is 10.2 Å². The van der Waals surface area contributed by atoms with Gasteiger partial charge in [0.25, 0.3) is 5.91 Å². The third-order valence-corrected chi connectivity index (χ3v) is 3.92. The van der Waals surface area contributed by atoms with Gasteiger partial charge in [-0.2, -0.15) is 0 Å². The van der Waals surface area contributed by atoms with Gasteiger partial charge in [-0.05, 0) is 39.7 Å². The van der Waals surface area contributed by atoms with E-state index in [-0.39, 0.29) is 5.91 Å². The van der Waals surface area contributed by atoms with E-state index in [1.54, 1.807) is 12.3 Å². The van der Waals surface area contributed by atoms with Crippen molar-refractivity contribution in [3.63, 3.8) is 0 Å². The van der Waals surface area contributed by atoms with E-state index in [4.69, 9.17) is 5.73 Å². The standard InChI is InChI=1S/C14H24N4O/c1-4-17-9-12(15)8-13(17)14(19)16-18-10(2)6-5-7-11(18)3/h8-11H,4-7,15H2,1-3H3,(H,16,19). The number of nitrogens with two attached hydrogens (primary N) is 1. The Balaban J connectivity index is 2.11. The molecule has 0 bridgehead atoms. The Bertz CT molecular complexity index is 444. The molecular formula is C14H24N4O. The molecule has 5 nitrogen and oxygen atoms in total. The monoisotopic (exact) mass is 264 g/mol. The van der Waals surface area contributed by atoms with Crippen LogP contribution in [0.3, 0.4) is 0 Å². The summed E-state index contributed by atoms with van der Waals surface area (Å²) in [7, 11) is 0. The lowest BCUT2D eigenvalue weighted by Gasteiger charge is -2.38. The van der Waals surface area contributed by atoms with Gasteiger partial charge in [0.1, 0.15) is 5.69 Å². The fourth-order valence-corrected chi connectivity index (χ4v) is 2.80. The van der Waals surface area contributed by atoms with E-state index in [1.807, 2.05) is 11.5 Å². The zero-order chi connectivity index (χ0) is 14.0. The minimum Gasteiger partial charge on any atom is -0.397 e. The van der Waals surface area contributed by atoms with Gasteiger partial charge in [-0.15, -0.1) is 0 Å². The van der Waals surface area contributed by atoms with Gasteiger partial charge in [0.2, 0.25) is 0 Å². The highest BCUT2D eigenvalue weighted by molar-refractivity contribution is 5.93. The number of rotatable bonds is 3. The van der Waals surface area contributed by atoms with Crippen LogP contribution in [0.4, 0.5) is 5.69 Å². The van der Waals surface area contributed by atoms with Crippen molar-refractivity contribution in [2.75, 3.05) is 5.73 Å². The second kappa shape index (κ2) is 5.65. The molecule has 2 unspecified atom stereocenters. The summed E-state index contributed by atoms with van der Waals surface area (Å²) in [5, 5.41) is 2.08. The van der Waals surface area contributed by atoms with E-state index in [0.717, 1.165) is 19.4 Å². The van der Waals surface area contributed by atoms with E-state index in [9.17, 15) is 4.79 Å². The molecule has 2 atom stereocenters. The first kappa shape index (κ1) is 13.9. The first-order valence-corrected chi connectivity index (χ1v) is 7.08. The Morgan fingerprint density at radius 1 is 1.42 bits per heavy atom. The van der Waals surface area contributed by atoms with Crippen LogP contribution in [0.25, 0.3) is 0 Å². The number of carbonyl (C=O) groups is 1. The van der Waals surface area contributed by atoms with Gasteiger partial charge in [0, 0.05) is 24.8 Å². The number of amides is 1. The van der Waals surface area contributed by atoms with Gasteiger partial charge < -0.3 is 10.3 Å². The third-order valence-electron chi connectivity index (χ3n) is 3.92. The van der Waals surface area contributed by atoms with Crippen LogP contribution in [0.5, 0.6) is 0 Å². The van der Waals surface area contributed by atoms with Crippen LogP contribution in [-0.2, 0) is 6.54 Å². The second-order valence-electron chi connectivity index (χ2n) is 5.42. The Kier molecular flexibility index (Phi) is 4.14. The first-order valence-electron chi connectivity index (χ1n) is 7.08. The molecule has 1 fully saturated rings. The highest BCUT2D eigenvalue weighted by atomic mass is 16.2. The zero-order valence-corrected chi connectivity index (χ0v) is 12.0. The molecule has 3 N–H and O–H groups in total. The molecule has 1 aliphatic rings. The molecule has 1 aliphatic heterocycles. The summed E-state index contributed by atoms with van der Waals surface area (Å²) < 4.78 is 1.88. The van der Waals surface area contributed by atoms with E-state index < -0.39 is 0 Å². The van der Waals surface area contributed by atoms with E-state index >= 15 is 0 Å². The molecule has 0 aliphatic carbocycles. The average molecular weight is 264 g/mol. The van der Waals surface area contributed by atoms with Crippen LogP contribution >= 0.6 is 0 Å². The summed E-state index contributed by atoms with van der Waals surface area (Å²) >= 11 is 0. The van der Waals surface area contributed by atoms with Crippen molar-refractivity contribution in [2.24, 2.45) is 0 Å². The third kappa shape index (κ3) is 2.92. The largest absolute Gasteiger partial charge is 0.397 e. The van der Waals surface area contributed by atoms with Crippen LogP contribution in [0, 0.1) is 0 Å². The summed E-state index contributed by atoms with van der Waals surface area (Å²) in [4.78, 5) is 12.4. The van der Waals surface area contributed by atoms with E-state index in [0.29, 0.717) is 23.5 Å². The summed E-state index contributed by atoms with van der Waals surface area (Å²) in [6.07, 6.45) is 5.29. The maximum absolute atomic E-state index is 12.4. The lowest BCUT2D eigenvalue weighted by molar-refractivity contribution is 0.0363. The molecule has 2 heterocycles. The number of hydrogen-bond acceptors (Lipinski definition) is 3. The minimum atomic E-state index is -0.0702. The van der Waals surface area contributed by atoms with Crippen molar-refractivity contribution in [2.45, 2.75) is 58.7 Å². The molecule has 0 spiro atoms. The normalized spacial score (nSPS) is 24.4. The van der Waals surface area contributed by atoms with Crippen LogP contribution < -0.4 is 11.2 Å². The Morgan fingerprint density at radius 3 is 2.63 bits per heavy atom. The predicted octanol–water partition coefficient (Wildman–Crippen LogP) is 2.00. The Hall–Kier alpha value is -1.49. The molecule has 0 radical (unpaired) electrons. The number of nitrogens with one attached hydrogen (secondary N) is 1. The second-order valence-corrected chi connectivity index (χ2v) is 5.42. The molecule has 1 saturated heterocycles. The zero-order valence-electron chi connectivity index (χ0n) is 12.0. The van der Waals surface area contributed by atoms with Crippen LogP contribution in [-0.4, -0.2) is 27.6 Å². The summed E-state index contributed by atoms with van der Waals surface area (Å²) in [6.45, 7) is 7.06. The highest BCUT2D eigenvalue weighted by Gasteiger charge is 2.27. The highest BCUT2D eigenvalue weighted by Crippen LogP contribution is 2.21. The Labute approximate surface area is 114 Å². The quantitative estimate of drug-likeness (QED) is 0.877. The predicted molar refractivity (Wildman–Crippen MR) is 76.6 cm³/mol. The number of nitrogens with zero attached hydrogens (tertiary/aromatic N) is 2. The van der Waals surface area contributed by atoms with Crippen molar-refractivity contribution in [1.29, 1.82) is 0 Å². The smallest absolute Gasteiger partial charge is 0.282 e. The van der Waals surface area contributed by atoms with Crippen molar-refractivity contribution >= 4 is 11.6 Å². The SMILES string of the molecule is CCn1cc(N)cc1C(=O)NN1C(C)CCCC1C. The van der Waals surface area contributed by atoms with Gasteiger partial charge in [0.05, 0.1) is 5.69 Å². The maximum atomic E-state index is 12.4. The van der Waals surface area contributed by atoms with Crippen LogP contribution in [0.15, 0.2) is 12.3 Å². The van der Waals surface area contributed by atoms with Gasteiger partial charge >= 0.3 is 0 Å². The van der Waals surface area contributed by atoms with Crippen molar-refractivity contribution < 1.29 is 4.79 Å². The number of anilines is 1. The molecule has 1 aromatic rings. The minimum absolute atomic E-state index is 0.0702. The van der Waals surface area contributed by atoms with Crippen molar-refractivity contribution in [1.82, 2.24) is 15.0 Å². The number of carbonyl (C=O) groups excluding carboxylic acids is 1. The molecule has 1 aromatic heterocycles. The molecule has 0 aromatic carbocycles. The number of hydrazine groups is 1. The number of aromatic nitrogens is 1. The van der Waals surface area contributed by atoms with E-state index in [2.05, 4.69) is 24.3 Å². The molecule has 19 heavy (non-hydrogen) atoms. The molecule has 1 amide bonds. The lowest BCUT2D eigenvalue weighted by atomic mass is 10.00. The summed E-state index contributed by atoms with van der Waals surface area (Å²) in [6, 6.07) is 2.50. The molecule has 2 rings (SSSR count). The van der Waals surface area contributed by atoms with Crippen molar-refractivity contribution in [3.05, 3.63) is 18.0 Å². The molecule has 106 valence electrons. The Morgan fingerprint density at radius 2 is 2.05 bits per heavy atom. The number of piperidine rings is 1. The van der Waals surface area contributed by atoms with E-state index in [1.165, 1.54) is 6.42 Å². The molecule has 0 saturated carbocycles. The van der Waals surface area contributed by atoms with Crippen molar-refractivity contribution in [3.8, 4) is 0 Å². The van der Waals surface area contributed by atoms with Crippen LogP contribution in [0.2, 0.25) is 0 Å². The average Bonchev–Trinajstić information content (AvgIpc) is 2.75. The van der Waals surface area contributed by atoms with Gasteiger partial charge in [0.15, 0.2) is 0 Å². The summed E-state index contributed by atoms with van der Waals surface area (Å²) in [5.41, 5.74) is 10.1. The fraction of sp³-hybridized carbons (Fsp3) is 0.643. The molecular weight excluding hydrogens is 240 g/mol. The maximum Gasteiger partial charge on any atom is 0.282 e. The van der Waals surface area contributed by atoms with Gasteiger partial charge in [-0.1, -0.05) is 6.42 Å². The first-order chi connectivity index (χ1) is 9.02. The van der Waals surface area contributed by atoms with Crippen LogP contribution in [0.1, 0.15) is 50.5 Å². The fourth-order valence-electron chi connectivity index (χ4n) is 2.80. The summed E-state index contributed by atoms with van der Waals surface area (Å²) in [5.74, 6) is -0.0702. The number of aryl methyl sites for hydroxylation is 1. The number of nitrogen functional groups attached to an aromatic ring is 1. The topological polar surface area (TPSA) is 63.3 Å². The van der Waals surface area contributed by atoms with Gasteiger partial charge in [-0.25, -0.2) is 5.01 Å².